The molecule has 5 heteroatoms. The molecule has 112 valence electrons. The van der Waals surface area contributed by atoms with Gasteiger partial charge in [0.05, 0.1) is 4.90 Å². The molecule has 0 radical (unpaired) electrons. The van der Waals surface area contributed by atoms with E-state index in [-0.39, 0.29) is 6.04 Å². The van der Waals surface area contributed by atoms with Gasteiger partial charge < -0.3 is 5.32 Å². The average Bonchev–Trinajstić information content (AvgIpc) is 2.83. The van der Waals surface area contributed by atoms with Gasteiger partial charge in [0.2, 0.25) is 10.0 Å². The minimum atomic E-state index is -3.37. The Hall–Kier alpha value is -0.910. The molecule has 2 rings (SSSR count). The van der Waals surface area contributed by atoms with Crippen molar-refractivity contribution in [3.05, 3.63) is 29.8 Å². The van der Waals surface area contributed by atoms with Crippen LogP contribution in [-0.4, -0.2) is 31.4 Å². The highest BCUT2D eigenvalue weighted by Crippen LogP contribution is 2.27. The van der Waals surface area contributed by atoms with Crippen LogP contribution in [0.1, 0.15) is 39.2 Å². The molecular formula is C15H24N2O2S. The fourth-order valence-electron chi connectivity index (χ4n) is 2.61. The van der Waals surface area contributed by atoms with Crippen LogP contribution in [0.5, 0.6) is 0 Å². The first-order valence-corrected chi connectivity index (χ1v) is 8.70. The van der Waals surface area contributed by atoms with E-state index < -0.39 is 10.0 Å². The van der Waals surface area contributed by atoms with E-state index in [1.807, 2.05) is 19.1 Å². The molecule has 1 N–H and O–H groups in total. The van der Waals surface area contributed by atoms with Crippen LogP contribution in [0.4, 0.5) is 0 Å². The van der Waals surface area contributed by atoms with Crippen molar-refractivity contribution in [2.75, 3.05) is 6.54 Å². The summed E-state index contributed by atoms with van der Waals surface area (Å²) in [7, 11) is -3.37. The highest BCUT2D eigenvalue weighted by molar-refractivity contribution is 7.89. The Morgan fingerprint density at radius 3 is 2.65 bits per heavy atom. The third kappa shape index (κ3) is 3.22. The summed E-state index contributed by atoms with van der Waals surface area (Å²) in [4.78, 5) is 0.446. The van der Waals surface area contributed by atoms with E-state index in [1.54, 1.807) is 16.4 Å². The van der Waals surface area contributed by atoms with E-state index in [9.17, 15) is 8.42 Å². The highest BCUT2D eigenvalue weighted by atomic mass is 32.2. The Bertz CT molecular complexity index is 555. The Kier molecular flexibility index (Phi) is 4.83. The van der Waals surface area contributed by atoms with Crippen LogP contribution >= 0.6 is 0 Å². The number of sulfonamides is 1. The van der Waals surface area contributed by atoms with Crippen LogP contribution in [0.3, 0.4) is 0 Å². The zero-order valence-electron chi connectivity index (χ0n) is 12.5. The van der Waals surface area contributed by atoms with E-state index in [2.05, 4.69) is 19.2 Å². The molecule has 1 fully saturated rings. The van der Waals surface area contributed by atoms with Crippen molar-refractivity contribution in [3.63, 3.8) is 0 Å². The van der Waals surface area contributed by atoms with Crippen molar-refractivity contribution in [2.24, 2.45) is 0 Å². The summed E-state index contributed by atoms with van der Waals surface area (Å²) in [5, 5.41) is 3.29. The maximum absolute atomic E-state index is 12.8. The first-order valence-electron chi connectivity index (χ1n) is 7.26. The van der Waals surface area contributed by atoms with E-state index in [0.717, 1.165) is 18.4 Å². The van der Waals surface area contributed by atoms with Gasteiger partial charge in [-0.05, 0) is 31.4 Å². The molecular weight excluding hydrogens is 272 g/mol. The molecule has 1 heterocycles. The molecule has 4 nitrogen and oxygen atoms in total. The molecule has 0 saturated carbocycles. The van der Waals surface area contributed by atoms with Gasteiger partial charge in [-0.25, -0.2) is 8.42 Å². The predicted octanol–water partition coefficient (Wildman–Crippen LogP) is 2.36. The lowest BCUT2D eigenvalue weighted by Crippen LogP contribution is -2.34. The van der Waals surface area contributed by atoms with E-state index >= 15 is 0 Å². The highest BCUT2D eigenvalue weighted by Gasteiger charge is 2.33. The third-order valence-corrected chi connectivity index (χ3v) is 5.87. The zero-order chi connectivity index (χ0) is 14.8. The van der Waals surface area contributed by atoms with Gasteiger partial charge in [0.25, 0.3) is 0 Å². The Balaban J connectivity index is 2.31. The van der Waals surface area contributed by atoms with Crippen molar-refractivity contribution in [1.82, 2.24) is 9.62 Å². The summed E-state index contributed by atoms with van der Waals surface area (Å²) in [6.45, 7) is 7.31. The molecule has 0 aromatic heterocycles. The van der Waals surface area contributed by atoms with Gasteiger partial charge >= 0.3 is 0 Å². The van der Waals surface area contributed by atoms with Crippen LogP contribution in [0.15, 0.2) is 29.2 Å². The standard InChI is InChI=1S/C15H24N2O2S/c1-12(2)16-11-14-8-4-5-9-15(14)20(18,19)17-10-6-7-13(17)3/h4-5,8-9,12-13,16H,6-7,10-11H2,1-3H3. The van der Waals surface area contributed by atoms with Gasteiger partial charge in [-0.3, -0.25) is 0 Å². The largest absolute Gasteiger partial charge is 0.310 e. The minimum Gasteiger partial charge on any atom is -0.310 e. The smallest absolute Gasteiger partial charge is 0.243 e. The second kappa shape index (κ2) is 6.24. The minimum absolute atomic E-state index is 0.103. The number of hydrogen-bond acceptors (Lipinski definition) is 3. The van der Waals surface area contributed by atoms with Crippen LogP contribution in [0.25, 0.3) is 0 Å². The lowest BCUT2D eigenvalue weighted by molar-refractivity contribution is 0.407. The maximum atomic E-state index is 12.8. The summed E-state index contributed by atoms with van der Waals surface area (Å²) < 4.78 is 27.3. The molecule has 1 atom stereocenters. The number of hydrogen-bond donors (Lipinski definition) is 1. The fraction of sp³-hybridized carbons (Fsp3) is 0.600. The molecule has 0 bridgehead atoms. The van der Waals surface area contributed by atoms with Gasteiger partial charge in [0, 0.05) is 25.2 Å². The van der Waals surface area contributed by atoms with Gasteiger partial charge in [-0.2, -0.15) is 4.31 Å². The maximum Gasteiger partial charge on any atom is 0.243 e. The lowest BCUT2D eigenvalue weighted by atomic mass is 10.2. The molecule has 1 unspecified atom stereocenters. The van der Waals surface area contributed by atoms with Gasteiger partial charge in [-0.15, -0.1) is 0 Å². The Morgan fingerprint density at radius 2 is 2.05 bits per heavy atom. The lowest BCUT2D eigenvalue weighted by Gasteiger charge is -2.23. The van der Waals surface area contributed by atoms with Crippen molar-refractivity contribution < 1.29 is 8.42 Å². The van der Waals surface area contributed by atoms with Gasteiger partial charge in [-0.1, -0.05) is 32.0 Å². The number of nitrogens with zero attached hydrogens (tertiary/aromatic N) is 1. The third-order valence-electron chi connectivity index (χ3n) is 3.75. The van der Waals surface area contributed by atoms with Crippen molar-refractivity contribution in [3.8, 4) is 0 Å². The monoisotopic (exact) mass is 296 g/mol. The van der Waals surface area contributed by atoms with Crippen molar-refractivity contribution in [1.29, 1.82) is 0 Å². The first kappa shape index (κ1) is 15.5. The van der Waals surface area contributed by atoms with Crippen molar-refractivity contribution in [2.45, 2.75) is 57.1 Å². The topological polar surface area (TPSA) is 49.4 Å². The molecule has 0 spiro atoms. The SMILES string of the molecule is CC(C)NCc1ccccc1S(=O)(=O)N1CCCC1C. The fourth-order valence-corrected chi connectivity index (χ4v) is 4.53. The average molecular weight is 296 g/mol. The second-order valence-corrected chi connectivity index (χ2v) is 7.61. The molecule has 1 aliphatic rings. The summed E-state index contributed by atoms with van der Waals surface area (Å²) in [5.41, 5.74) is 0.848. The molecule has 1 saturated heterocycles. The Morgan fingerprint density at radius 1 is 1.35 bits per heavy atom. The number of benzene rings is 1. The zero-order valence-corrected chi connectivity index (χ0v) is 13.3. The Labute approximate surface area is 122 Å². The molecule has 20 heavy (non-hydrogen) atoms. The molecule has 1 aromatic carbocycles. The first-order chi connectivity index (χ1) is 9.43. The van der Waals surface area contributed by atoms with Crippen molar-refractivity contribution >= 4 is 10.0 Å². The normalized spacial score (nSPS) is 20.7. The predicted molar refractivity (Wildman–Crippen MR) is 81.0 cm³/mol. The van der Waals surface area contributed by atoms with Crippen LogP contribution in [0, 0.1) is 0 Å². The van der Waals surface area contributed by atoms with E-state index in [1.165, 1.54) is 0 Å². The summed E-state index contributed by atoms with van der Waals surface area (Å²) in [6.07, 6.45) is 1.90. The second-order valence-electron chi connectivity index (χ2n) is 5.75. The van der Waals surface area contributed by atoms with Gasteiger partial charge in [0.1, 0.15) is 0 Å². The van der Waals surface area contributed by atoms with Gasteiger partial charge in [0.15, 0.2) is 0 Å². The number of nitrogens with one attached hydrogen (secondary N) is 1. The molecule has 0 amide bonds. The van der Waals surface area contributed by atoms with Crippen LogP contribution in [0.2, 0.25) is 0 Å². The molecule has 0 aliphatic carbocycles. The van der Waals surface area contributed by atoms with E-state index in [4.69, 9.17) is 0 Å². The molecule has 1 aromatic rings. The number of rotatable bonds is 5. The van der Waals surface area contributed by atoms with Crippen LogP contribution in [-0.2, 0) is 16.6 Å². The molecule has 1 aliphatic heterocycles. The van der Waals surface area contributed by atoms with Crippen LogP contribution < -0.4 is 5.32 Å². The summed E-state index contributed by atoms with van der Waals surface area (Å²) in [5.74, 6) is 0. The van der Waals surface area contributed by atoms with E-state index in [0.29, 0.717) is 24.0 Å². The summed E-state index contributed by atoms with van der Waals surface area (Å²) >= 11 is 0. The quantitative estimate of drug-likeness (QED) is 0.907. The summed E-state index contributed by atoms with van der Waals surface area (Å²) in [6, 6.07) is 7.74.